The molecule has 1 aromatic rings. The number of nitrogens with zero attached hydrogens (tertiary/aromatic N) is 1. The lowest BCUT2D eigenvalue weighted by Gasteiger charge is -2.33. The second-order valence-electron chi connectivity index (χ2n) is 7.33. The summed E-state index contributed by atoms with van der Waals surface area (Å²) in [5, 5.41) is 12.4. The highest BCUT2D eigenvalue weighted by atomic mass is 16.4. The number of benzene rings is 1. The number of aryl methyl sites for hydroxylation is 1. The van der Waals surface area contributed by atoms with Crippen LogP contribution in [0.5, 0.6) is 0 Å². The van der Waals surface area contributed by atoms with Crippen molar-refractivity contribution in [3.63, 3.8) is 0 Å². The SMILES string of the molecule is O=C1CCc2cc(C(=O)N3[C@H](C(=O)O)C[C@@H]4CCCC[C@@H]43)ccc2N1. The van der Waals surface area contributed by atoms with Gasteiger partial charge < -0.3 is 15.3 Å². The van der Waals surface area contributed by atoms with Gasteiger partial charge in [0.1, 0.15) is 6.04 Å². The van der Waals surface area contributed by atoms with Crippen LogP contribution in [0.4, 0.5) is 5.69 Å². The van der Waals surface area contributed by atoms with Crippen LogP contribution in [0.1, 0.15) is 54.4 Å². The van der Waals surface area contributed by atoms with Crippen LogP contribution in [-0.4, -0.2) is 39.9 Å². The Bertz CT molecular complexity index is 745. The van der Waals surface area contributed by atoms with Crippen molar-refractivity contribution in [2.75, 3.05) is 5.32 Å². The van der Waals surface area contributed by atoms with E-state index in [4.69, 9.17) is 0 Å². The molecule has 1 aliphatic carbocycles. The maximum absolute atomic E-state index is 13.1. The first-order chi connectivity index (χ1) is 12.0. The van der Waals surface area contributed by atoms with Crippen LogP contribution in [0.15, 0.2) is 18.2 Å². The molecule has 6 heteroatoms. The fourth-order valence-corrected chi connectivity index (χ4v) is 4.64. The van der Waals surface area contributed by atoms with Crippen molar-refractivity contribution in [1.82, 2.24) is 4.90 Å². The number of carboxylic acid groups (broad SMARTS) is 1. The highest BCUT2D eigenvalue weighted by Gasteiger charge is 2.47. The molecule has 4 rings (SSSR count). The molecule has 2 amide bonds. The first-order valence-electron chi connectivity index (χ1n) is 9.03. The quantitative estimate of drug-likeness (QED) is 0.864. The molecule has 2 aliphatic heterocycles. The highest BCUT2D eigenvalue weighted by molar-refractivity contribution is 5.99. The number of fused-ring (bicyclic) bond motifs is 2. The van der Waals surface area contributed by atoms with Gasteiger partial charge in [0.05, 0.1) is 0 Å². The van der Waals surface area contributed by atoms with E-state index >= 15 is 0 Å². The Morgan fingerprint density at radius 2 is 1.96 bits per heavy atom. The minimum absolute atomic E-state index is 0.0119. The maximum Gasteiger partial charge on any atom is 0.326 e. The highest BCUT2D eigenvalue weighted by Crippen LogP contribution is 2.40. The van der Waals surface area contributed by atoms with Crippen molar-refractivity contribution >= 4 is 23.5 Å². The largest absolute Gasteiger partial charge is 0.480 e. The number of amides is 2. The van der Waals surface area contributed by atoms with Gasteiger partial charge in [-0.15, -0.1) is 0 Å². The van der Waals surface area contributed by atoms with Crippen molar-refractivity contribution in [3.8, 4) is 0 Å². The number of anilines is 1. The molecule has 2 N–H and O–H groups in total. The zero-order chi connectivity index (χ0) is 17.6. The number of hydrogen-bond donors (Lipinski definition) is 2. The minimum atomic E-state index is -0.909. The molecular weight excluding hydrogens is 320 g/mol. The zero-order valence-corrected chi connectivity index (χ0v) is 14.0. The first kappa shape index (κ1) is 16.1. The third-order valence-electron chi connectivity index (χ3n) is 5.86. The van der Waals surface area contributed by atoms with Gasteiger partial charge in [0.15, 0.2) is 0 Å². The Balaban J connectivity index is 1.64. The van der Waals surface area contributed by atoms with Crippen LogP contribution >= 0.6 is 0 Å². The van der Waals surface area contributed by atoms with Gasteiger partial charge >= 0.3 is 5.97 Å². The lowest BCUT2D eigenvalue weighted by molar-refractivity contribution is -0.141. The fourth-order valence-electron chi connectivity index (χ4n) is 4.64. The van der Waals surface area contributed by atoms with Crippen molar-refractivity contribution in [1.29, 1.82) is 0 Å². The number of aliphatic carboxylic acids is 1. The van der Waals surface area contributed by atoms with Gasteiger partial charge in [0.2, 0.25) is 5.91 Å². The van der Waals surface area contributed by atoms with E-state index in [2.05, 4.69) is 5.32 Å². The molecule has 3 aliphatic rings. The third-order valence-corrected chi connectivity index (χ3v) is 5.86. The molecular formula is C19H22N2O4. The summed E-state index contributed by atoms with van der Waals surface area (Å²) < 4.78 is 0. The van der Waals surface area contributed by atoms with Crippen LogP contribution in [-0.2, 0) is 16.0 Å². The zero-order valence-electron chi connectivity index (χ0n) is 14.0. The number of carbonyl (C=O) groups excluding carboxylic acids is 2. The Morgan fingerprint density at radius 3 is 2.76 bits per heavy atom. The van der Waals surface area contributed by atoms with Crippen molar-refractivity contribution < 1.29 is 19.5 Å². The van der Waals surface area contributed by atoms with Crippen LogP contribution in [0.2, 0.25) is 0 Å². The van der Waals surface area contributed by atoms with E-state index in [0.717, 1.165) is 36.9 Å². The topological polar surface area (TPSA) is 86.7 Å². The molecule has 132 valence electrons. The summed E-state index contributed by atoms with van der Waals surface area (Å²) in [6.45, 7) is 0. The van der Waals surface area contributed by atoms with E-state index in [1.807, 2.05) is 6.07 Å². The van der Waals surface area contributed by atoms with E-state index in [1.54, 1.807) is 17.0 Å². The number of nitrogens with one attached hydrogen (secondary N) is 1. The number of likely N-dealkylation sites (tertiary alicyclic amines) is 1. The van der Waals surface area contributed by atoms with Gasteiger partial charge in [-0.1, -0.05) is 12.8 Å². The maximum atomic E-state index is 13.1. The predicted molar refractivity (Wildman–Crippen MR) is 91.3 cm³/mol. The number of carboxylic acids is 1. The van der Waals surface area contributed by atoms with E-state index in [0.29, 0.717) is 30.7 Å². The molecule has 1 saturated heterocycles. The predicted octanol–water partition coefficient (Wildman–Crippen LogP) is 2.43. The molecule has 2 heterocycles. The molecule has 1 saturated carbocycles. The standard InChI is InChI=1S/C19H22N2O4/c22-17-8-6-11-9-13(5-7-14(11)20-17)18(23)21-15-4-2-1-3-12(15)10-16(21)19(24)25/h5,7,9,12,15-16H,1-4,6,8,10H2,(H,20,22)(H,24,25)/t12-,15-,16-/m0/s1. The van der Waals surface area contributed by atoms with Crippen LogP contribution in [0.3, 0.4) is 0 Å². The van der Waals surface area contributed by atoms with E-state index in [-0.39, 0.29) is 17.9 Å². The molecule has 0 unspecified atom stereocenters. The Kier molecular flexibility index (Phi) is 3.98. The lowest BCUT2D eigenvalue weighted by atomic mass is 9.84. The van der Waals surface area contributed by atoms with Crippen molar-refractivity contribution in [2.45, 2.75) is 57.0 Å². The molecule has 3 atom stereocenters. The molecule has 0 aromatic heterocycles. The second-order valence-corrected chi connectivity index (χ2v) is 7.33. The van der Waals surface area contributed by atoms with Crippen LogP contribution in [0.25, 0.3) is 0 Å². The summed E-state index contributed by atoms with van der Waals surface area (Å²) in [6, 6.07) is 4.58. The molecule has 1 aromatic carbocycles. The van der Waals surface area contributed by atoms with Gasteiger partial charge in [0, 0.05) is 23.7 Å². The summed E-state index contributed by atoms with van der Waals surface area (Å²) in [6.07, 6.45) is 5.65. The van der Waals surface area contributed by atoms with Crippen molar-refractivity contribution in [2.24, 2.45) is 5.92 Å². The molecule has 0 bridgehead atoms. The van der Waals surface area contributed by atoms with Crippen LogP contribution in [0, 0.1) is 5.92 Å². The van der Waals surface area contributed by atoms with E-state index in [1.165, 1.54) is 0 Å². The smallest absolute Gasteiger partial charge is 0.326 e. The second kappa shape index (κ2) is 6.17. The average Bonchev–Trinajstić information content (AvgIpc) is 3.00. The summed E-state index contributed by atoms with van der Waals surface area (Å²) in [4.78, 5) is 38.0. The number of rotatable bonds is 2. The van der Waals surface area contributed by atoms with Gasteiger partial charge in [-0.3, -0.25) is 9.59 Å². The first-order valence-corrected chi connectivity index (χ1v) is 9.03. The van der Waals surface area contributed by atoms with E-state index < -0.39 is 12.0 Å². The Morgan fingerprint density at radius 1 is 1.16 bits per heavy atom. The van der Waals surface area contributed by atoms with E-state index in [9.17, 15) is 19.5 Å². The van der Waals surface area contributed by atoms with Gasteiger partial charge in [-0.25, -0.2) is 4.79 Å². The fraction of sp³-hybridized carbons (Fsp3) is 0.526. The summed E-state index contributed by atoms with van der Waals surface area (Å²) in [5.41, 5.74) is 2.21. The number of hydrogen-bond acceptors (Lipinski definition) is 3. The van der Waals surface area contributed by atoms with Crippen LogP contribution < -0.4 is 5.32 Å². The number of carbonyl (C=O) groups is 3. The minimum Gasteiger partial charge on any atom is -0.480 e. The monoisotopic (exact) mass is 342 g/mol. The van der Waals surface area contributed by atoms with Gasteiger partial charge in [0.25, 0.3) is 5.91 Å². The Hall–Kier alpha value is -2.37. The normalized spacial score (nSPS) is 28.1. The molecule has 6 nitrogen and oxygen atoms in total. The summed E-state index contributed by atoms with van der Waals surface area (Å²) >= 11 is 0. The molecule has 2 fully saturated rings. The molecule has 25 heavy (non-hydrogen) atoms. The summed E-state index contributed by atoms with van der Waals surface area (Å²) in [7, 11) is 0. The van der Waals surface area contributed by atoms with Crippen molar-refractivity contribution in [3.05, 3.63) is 29.3 Å². The lowest BCUT2D eigenvalue weighted by Crippen LogP contribution is -2.46. The molecule has 0 spiro atoms. The third kappa shape index (κ3) is 2.79. The Labute approximate surface area is 146 Å². The van der Waals surface area contributed by atoms with Gasteiger partial charge in [-0.05, 0) is 55.4 Å². The molecule has 0 radical (unpaired) electrons. The summed E-state index contributed by atoms with van der Waals surface area (Å²) in [5.74, 6) is -0.813. The van der Waals surface area contributed by atoms with Gasteiger partial charge in [-0.2, -0.15) is 0 Å². The average molecular weight is 342 g/mol.